The molecule has 2 rings (SSSR count). The van der Waals surface area contributed by atoms with Gasteiger partial charge in [-0.05, 0) is 47.0 Å². The molecule has 0 bridgehead atoms. The first-order chi connectivity index (χ1) is 8.04. The van der Waals surface area contributed by atoms with Gasteiger partial charge in [0, 0.05) is 17.6 Å². The van der Waals surface area contributed by atoms with Gasteiger partial charge in [0.05, 0.1) is 0 Å². The minimum atomic E-state index is 0.231. The summed E-state index contributed by atoms with van der Waals surface area (Å²) in [4.78, 5) is 8.96. The Morgan fingerprint density at radius 1 is 1.18 bits per heavy atom. The SMILES string of the molecule is CCNc1nc(C)nc(NC2(C)CCC2)c1C. The number of nitrogens with zero attached hydrogens (tertiary/aromatic N) is 2. The predicted molar refractivity (Wildman–Crippen MR) is 71.5 cm³/mol. The van der Waals surface area contributed by atoms with Crippen molar-refractivity contribution in [3.63, 3.8) is 0 Å². The third-order valence-electron chi connectivity index (χ3n) is 3.48. The van der Waals surface area contributed by atoms with Gasteiger partial charge in [-0.25, -0.2) is 9.97 Å². The van der Waals surface area contributed by atoms with E-state index in [2.05, 4.69) is 41.4 Å². The van der Waals surface area contributed by atoms with Crippen molar-refractivity contribution in [3.05, 3.63) is 11.4 Å². The summed E-state index contributed by atoms with van der Waals surface area (Å²) >= 11 is 0. The van der Waals surface area contributed by atoms with Gasteiger partial charge < -0.3 is 10.6 Å². The van der Waals surface area contributed by atoms with E-state index < -0.39 is 0 Å². The van der Waals surface area contributed by atoms with E-state index >= 15 is 0 Å². The number of aryl methyl sites for hydroxylation is 1. The molecule has 2 N–H and O–H groups in total. The van der Waals surface area contributed by atoms with Gasteiger partial charge in [0.15, 0.2) is 0 Å². The van der Waals surface area contributed by atoms with Crippen LogP contribution in [0.4, 0.5) is 11.6 Å². The summed E-state index contributed by atoms with van der Waals surface area (Å²) in [7, 11) is 0. The van der Waals surface area contributed by atoms with E-state index in [0.717, 1.165) is 29.6 Å². The number of anilines is 2. The van der Waals surface area contributed by atoms with Gasteiger partial charge in [0.2, 0.25) is 0 Å². The molecule has 0 aromatic carbocycles. The molecule has 1 aliphatic carbocycles. The fraction of sp³-hybridized carbons (Fsp3) is 0.692. The Labute approximate surface area is 103 Å². The molecule has 0 spiro atoms. The summed E-state index contributed by atoms with van der Waals surface area (Å²) < 4.78 is 0. The molecule has 1 aromatic heterocycles. The van der Waals surface area contributed by atoms with E-state index in [9.17, 15) is 0 Å². The highest BCUT2D eigenvalue weighted by atomic mass is 15.1. The summed E-state index contributed by atoms with van der Waals surface area (Å²) in [5.74, 6) is 2.75. The lowest BCUT2D eigenvalue weighted by atomic mass is 9.78. The molecule has 94 valence electrons. The van der Waals surface area contributed by atoms with E-state index in [1.807, 2.05) is 6.92 Å². The van der Waals surface area contributed by atoms with Crippen LogP contribution in [0.2, 0.25) is 0 Å². The molecule has 0 atom stereocenters. The first kappa shape index (κ1) is 12.1. The van der Waals surface area contributed by atoms with E-state index in [1.165, 1.54) is 19.3 Å². The molecule has 1 aliphatic rings. The minimum Gasteiger partial charge on any atom is -0.370 e. The van der Waals surface area contributed by atoms with Crippen LogP contribution < -0.4 is 10.6 Å². The highest BCUT2D eigenvalue weighted by Gasteiger charge is 2.32. The summed E-state index contributed by atoms with van der Waals surface area (Å²) in [6, 6.07) is 0. The van der Waals surface area contributed by atoms with Crippen LogP contribution in [-0.2, 0) is 0 Å². The zero-order valence-electron chi connectivity index (χ0n) is 11.2. The topological polar surface area (TPSA) is 49.8 Å². The van der Waals surface area contributed by atoms with Crippen LogP contribution in [0.3, 0.4) is 0 Å². The van der Waals surface area contributed by atoms with Gasteiger partial charge in [0.1, 0.15) is 17.5 Å². The quantitative estimate of drug-likeness (QED) is 0.841. The Morgan fingerprint density at radius 2 is 1.82 bits per heavy atom. The van der Waals surface area contributed by atoms with E-state index in [-0.39, 0.29) is 5.54 Å². The van der Waals surface area contributed by atoms with Gasteiger partial charge in [-0.2, -0.15) is 0 Å². The average molecular weight is 234 g/mol. The molecule has 1 saturated carbocycles. The molecule has 4 nitrogen and oxygen atoms in total. The maximum Gasteiger partial charge on any atom is 0.135 e. The number of aromatic nitrogens is 2. The summed E-state index contributed by atoms with van der Waals surface area (Å²) in [5, 5.41) is 6.86. The number of nitrogens with one attached hydrogen (secondary N) is 2. The maximum atomic E-state index is 4.52. The fourth-order valence-electron chi connectivity index (χ4n) is 2.21. The zero-order chi connectivity index (χ0) is 12.5. The summed E-state index contributed by atoms with van der Waals surface area (Å²) in [5.41, 5.74) is 1.35. The second-order valence-electron chi connectivity index (χ2n) is 5.16. The predicted octanol–water partition coefficient (Wildman–Crippen LogP) is 2.88. The molecule has 0 saturated heterocycles. The Morgan fingerprint density at radius 3 is 2.35 bits per heavy atom. The van der Waals surface area contributed by atoms with Crippen molar-refractivity contribution in [2.75, 3.05) is 17.2 Å². The van der Waals surface area contributed by atoms with Gasteiger partial charge in [-0.3, -0.25) is 0 Å². The normalized spacial score (nSPS) is 17.4. The Balaban J connectivity index is 2.26. The van der Waals surface area contributed by atoms with Crippen molar-refractivity contribution in [2.45, 2.75) is 52.5 Å². The standard InChI is InChI=1S/C13H22N4/c1-5-14-11-9(2)12(16-10(3)15-11)17-13(4)7-6-8-13/h5-8H2,1-4H3,(H2,14,15,16,17). The van der Waals surface area contributed by atoms with Gasteiger partial charge in [-0.15, -0.1) is 0 Å². The molecule has 0 unspecified atom stereocenters. The van der Waals surface area contributed by atoms with Crippen LogP contribution in [-0.4, -0.2) is 22.1 Å². The molecule has 1 fully saturated rings. The monoisotopic (exact) mass is 234 g/mol. The Bertz CT molecular complexity index is 410. The average Bonchev–Trinajstić information content (AvgIpc) is 2.23. The van der Waals surface area contributed by atoms with Crippen molar-refractivity contribution in [1.82, 2.24) is 9.97 Å². The maximum absolute atomic E-state index is 4.52. The van der Waals surface area contributed by atoms with Crippen LogP contribution >= 0.6 is 0 Å². The van der Waals surface area contributed by atoms with E-state index in [4.69, 9.17) is 0 Å². The largest absolute Gasteiger partial charge is 0.370 e. The van der Waals surface area contributed by atoms with Crippen molar-refractivity contribution >= 4 is 11.6 Å². The van der Waals surface area contributed by atoms with Crippen molar-refractivity contribution < 1.29 is 0 Å². The molecule has 1 heterocycles. The van der Waals surface area contributed by atoms with Crippen molar-refractivity contribution in [3.8, 4) is 0 Å². The third-order valence-corrected chi connectivity index (χ3v) is 3.48. The second-order valence-corrected chi connectivity index (χ2v) is 5.16. The van der Waals surface area contributed by atoms with Crippen LogP contribution in [0.25, 0.3) is 0 Å². The third kappa shape index (κ3) is 2.51. The number of hydrogen-bond donors (Lipinski definition) is 2. The molecule has 0 aliphatic heterocycles. The fourth-order valence-corrected chi connectivity index (χ4v) is 2.21. The lowest BCUT2D eigenvalue weighted by Gasteiger charge is -2.40. The molecule has 1 aromatic rings. The highest BCUT2D eigenvalue weighted by Crippen LogP contribution is 2.35. The van der Waals surface area contributed by atoms with E-state index in [1.54, 1.807) is 0 Å². The Hall–Kier alpha value is -1.32. The first-order valence-electron chi connectivity index (χ1n) is 6.41. The van der Waals surface area contributed by atoms with Crippen molar-refractivity contribution in [2.24, 2.45) is 0 Å². The summed E-state index contributed by atoms with van der Waals surface area (Å²) in [6.07, 6.45) is 3.77. The molecule has 17 heavy (non-hydrogen) atoms. The van der Waals surface area contributed by atoms with Crippen LogP contribution in [0, 0.1) is 13.8 Å². The lowest BCUT2D eigenvalue weighted by Crippen LogP contribution is -2.42. The molecule has 4 heteroatoms. The van der Waals surface area contributed by atoms with Crippen LogP contribution in [0.5, 0.6) is 0 Å². The second kappa shape index (κ2) is 4.51. The minimum absolute atomic E-state index is 0.231. The van der Waals surface area contributed by atoms with Gasteiger partial charge >= 0.3 is 0 Å². The van der Waals surface area contributed by atoms with Gasteiger partial charge in [0.25, 0.3) is 0 Å². The molecule has 0 amide bonds. The zero-order valence-corrected chi connectivity index (χ0v) is 11.2. The van der Waals surface area contributed by atoms with Crippen LogP contribution in [0.15, 0.2) is 0 Å². The highest BCUT2D eigenvalue weighted by molar-refractivity contribution is 5.58. The molecular formula is C13H22N4. The summed E-state index contributed by atoms with van der Waals surface area (Å²) in [6.45, 7) is 9.24. The molecule has 0 radical (unpaired) electrons. The first-order valence-corrected chi connectivity index (χ1v) is 6.41. The Kier molecular flexibility index (Phi) is 3.22. The van der Waals surface area contributed by atoms with Crippen molar-refractivity contribution in [1.29, 1.82) is 0 Å². The number of rotatable bonds is 4. The molecular weight excluding hydrogens is 212 g/mol. The van der Waals surface area contributed by atoms with Gasteiger partial charge in [-0.1, -0.05) is 0 Å². The smallest absolute Gasteiger partial charge is 0.135 e. The number of hydrogen-bond acceptors (Lipinski definition) is 4. The lowest BCUT2D eigenvalue weighted by molar-refractivity contribution is 0.305. The van der Waals surface area contributed by atoms with E-state index in [0.29, 0.717) is 0 Å². The van der Waals surface area contributed by atoms with Crippen LogP contribution in [0.1, 0.15) is 44.5 Å².